The Labute approximate surface area is 210 Å². The molecule has 0 spiro atoms. The second kappa shape index (κ2) is 11.1. The zero-order valence-corrected chi connectivity index (χ0v) is 20.4. The molecule has 3 aromatic rings. The molecule has 0 bridgehead atoms. The fourth-order valence-electron chi connectivity index (χ4n) is 2.99. The summed E-state index contributed by atoms with van der Waals surface area (Å²) in [7, 11) is 0. The molecule has 182 valence electrons. The molecule has 0 saturated carbocycles. The van der Waals surface area contributed by atoms with E-state index in [-0.39, 0.29) is 22.6 Å². The highest BCUT2D eigenvalue weighted by Crippen LogP contribution is 2.34. The van der Waals surface area contributed by atoms with Gasteiger partial charge in [0.05, 0.1) is 0 Å². The third-order valence-corrected chi connectivity index (χ3v) is 5.01. The van der Waals surface area contributed by atoms with Crippen LogP contribution in [0.25, 0.3) is 22.3 Å². The average Bonchev–Trinajstić information content (AvgIpc) is 2.85. The summed E-state index contributed by atoms with van der Waals surface area (Å²) in [4.78, 5) is 35.8. The van der Waals surface area contributed by atoms with Crippen LogP contribution in [0.15, 0.2) is 103 Å². The molecule has 0 N–H and O–H groups in total. The molecular weight excluding hydrogens is 456 g/mol. The predicted molar refractivity (Wildman–Crippen MR) is 139 cm³/mol. The summed E-state index contributed by atoms with van der Waals surface area (Å²) in [5, 5.41) is 0. The maximum Gasteiger partial charge on any atom is 0.338 e. The van der Waals surface area contributed by atoms with Crippen LogP contribution < -0.4 is 14.2 Å². The lowest BCUT2D eigenvalue weighted by Gasteiger charge is -2.13. The number of carbonyl (C=O) groups is 3. The van der Waals surface area contributed by atoms with Crippen molar-refractivity contribution in [2.75, 3.05) is 0 Å². The normalized spacial score (nSPS) is 10.2. The van der Waals surface area contributed by atoms with Crippen molar-refractivity contribution in [1.82, 2.24) is 0 Å². The fraction of sp³-hybridized carbons (Fsp3) is 0.100. The quantitative estimate of drug-likeness (QED) is 0.208. The molecule has 6 heteroatoms. The van der Waals surface area contributed by atoms with Crippen molar-refractivity contribution in [3.05, 3.63) is 103 Å². The Hall–Kier alpha value is -4.71. The number of benzene rings is 3. The van der Waals surface area contributed by atoms with Gasteiger partial charge in [0.1, 0.15) is 5.75 Å². The molecule has 0 fully saturated rings. The highest BCUT2D eigenvalue weighted by molar-refractivity contribution is 5.91. The lowest BCUT2D eigenvalue weighted by molar-refractivity contribution is -0.132. The zero-order chi connectivity index (χ0) is 26.4. The molecule has 0 atom stereocenters. The molecule has 0 aliphatic carbocycles. The Bertz CT molecular complexity index is 1360. The van der Waals surface area contributed by atoms with Gasteiger partial charge in [-0.05, 0) is 67.3 Å². The van der Waals surface area contributed by atoms with E-state index in [1.54, 1.807) is 37.3 Å². The molecule has 3 rings (SSSR count). The molecule has 0 aromatic heterocycles. The molecule has 0 aliphatic heterocycles. The molecule has 3 aromatic carbocycles. The summed E-state index contributed by atoms with van der Waals surface area (Å²) < 4.78 is 16.0. The molecule has 0 saturated heterocycles. The molecule has 0 amide bonds. The highest BCUT2D eigenvalue weighted by Gasteiger charge is 2.16. The number of carbonyl (C=O) groups excluding carboxylic acids is 3. The van der Waals surface area contributed by atoms with Gasteiger partial charge in [0.2, 0.25) is 0 Å². The van der Waals surface area contributed by atoms with E-state index >= 15 is 0 Å². The summed E-state index contributed by atoms with van der Waals surface area (Å²) in [6.45, 7) is 15.4. The Morgan fingerprint density at radius 2 is 0.861 bits per heavy atom. The molecule has 6 nitrogen and oxygen atoms in total. The van der Waals surface area contributed by atoms with Crippen LogP contribution in [0.1, 0.15) is 20.8 Å². The minimum Gasteiger partial charge on any atom is -0.423 e. The topological polar surface area (TPSA) is 78.9 Å². The van der Waals surface area contributed by atoms with E-state index in [1.165, 1.54) is 13.8 Å². The average molecular weight is 483 g/mol. The third kappa shape index (κ3) is 6.45. The summed E-state index contributed by atoms with van der Waals surface area (Å²) in [6.07, 6.45) is 0. The minimum absolute atomic E-state index is 0.0964. The first kappa shape index (κ1) is 25.9. The van der Waals surface area contributed by atoms with Crippen molar-refractivity contribution in [2.45, 2.75) is 20.8 Å². The summed E-state index contributed by atoms with van der Waals surface area (Å²) >= 11 is 0. The Morgan fingerprint density at radius 1 is 0.500 bits per heavy atom. The monoisotopic (exact) mass is 482 g/mol. The molecule has 0 radical (unpaired) electrons. The van der Waals surface area contributed by atoms with Gasteiger partial charge in [-0.15, -0.1) is 0 Å². The first-order valence-corrected chi connectivity index (χ1v) is 11.0. The summed E-state index contributed by atoms with van der Waals surface area (Å²) in [5.74, 6) is -1.09. The van der Waals surface area contributed by atoms with Crippen LogP contribution in [0.2, 0.25) is 0 Å². The number of ether oxygens (including phenoxy) is 3. The number of hydrogen-bond acceptors (Lipinski definition) is 6. The smallest absolute Gasteiger partial charge is 0.338 e. The van der Waals surface area contributed by atoms with E-state index < -0.39 is 17.9 Å². The van der Waals surface area contributed by atoms with Crippen molar-refractivity contribution in [1.29, 1.82) is 0 Å². The van der Waals surface area contributed by atoms with Crippen molar-refractivity contribution >= 4 is 17.9 Å². The van der Waals surface area contributed by atoms with Gasteiger partial charge in [-0.25, -0.2) is 14.4 Å². The van der Waals surface area contributed by atoms with Crippen molar-refractivity contribution < 1.29 is 28.6 Å². The van der Waals surface area contributed by atoms with Crippen molar-refractivity contribution in [2.24, 2.45) is 0 Å². The van der Waals surface area contributed by atoms with Crippen molar-refractivity contribution in [3.8, 4) is 39.5 Å². The molecule has 0 heterocycles. The standard InChI is InChI=1S/C30H26O6/c1-18(2)28(31)34-25-14-11-22(12-15-25)21-7-9-23(10-8-21)24-13-16-26(35-29(32)19(3)4)27(17-24)36-30(33)20(5)6/h7-17H,1,3,5H2,2,4,6H3. The van der Waals surface area contributed by atoms with Crippen LogP contribution in [0.4, 0.5) is 0 Å². The zero-order valence-electron chi connectivity index (χ0n) is 20.4. The van der Waals surface area contributed by atoms with E-state index in [9.17, 15) is 14.4 Å². The molecule has 0 unspecified atom stereocenters. The van der Waals surface area contributed by atoms with Gasteiger partial charge >= 0.3 is 17.9 Å². The van der Waals surface area contributed by atoms with Gasteiger partial charge in [0, 0.05) is 16.7 Å². The number of hydrogen-bond donors (Lipinski definition) is 0. The van der Waals surface area contributed by atoms with Crippen molar-refractivity contribution in [3.63, 3.8) is 0 Å². The largest absolute Gasteiger partial charge is 0.423 e. The lowest BCUT2D eigenvalue weighted by atomic mass is 10.00. The highest BCUT2D eigenvalue weighted by atomic mass is 16.6. The van der Waals surface area contributed by atoms with E-state index in [2.05, 4.69) is 19.7 Å². The summed E-state index contributed by atoms with van der Waals surface area (Å²) in [6, 6.07) is 19.8. The van der Waals surface area contributed by atoms with Crippen LogP contribution in [0.5, 0.6) is 17.2 Å². The van der Waals surface area contributed by atoms with E-state index in [4.69, 9.17) is 14.2 Å². The Balaban J connectivity index is 1.85. The first-order chi connectivity index (χ1) is 17.0. The van der Waals surface area contributed by atoms with Gasteiger partial charge in [-0.3, -0.25) is 0 Å². The van der Waals surface area contributed by atoms with Gasteiger partial charge < -0.3 is 14.2 Å². The maximum absolute atomic E-state index is 12.1. The second-order valence-electron chi connectivity index (χ2n) is 8.27. The lowest BCUT2D eigenvalue weighted by Crippen LogP contribution is -2.12. The van der Waals surface area contributed by atoms with Gasteiger partial charge in [-0.1, -0.05) is 62.2 Å². The second-order valence-corrected chi connectivity index (χ2v) is 8.27. The molecule has 0 aliphatic rings. The van der Waals surface area contributed by atoms with Crippen LogP contribution in [0.3, 0.4) is 0 Å². The van der Waals surface area contributed by atoms with E-state index in [1.807, 2.05) is 36.4 Å². The van der Waals surface area contributed by atoms with Crippen LogP contribution in [0, 0.1) is 0 Å². The number of esters is 3. The van der Waals surface area contributed by atoms with E-state index in [0.29, 0.717) is 11.3 Å². The SMILES string of the molecule is C=C(C)C(=O)Oc1ccc(-c2ccc(-c3ccc(OC(=O)C(=C)C)c(OC(=O)C(=C)C)c3)cc2)cc1. The number of rotatable bonds is 8. The van der Waals surface area contributed by atoms with Crippen LogP contribution >= 0.6 is 0 Å². The Kier molecular flexibility index (Phi) is 8.02. The van der Waals surface area contributed by atoms with Gasteiger partial charge in [0.15, 0.2) is 11.5 Å². The van der Waals surface area contributed by atoms with Gasteiger partial charge in [0.25, 0.3) is 0 Å². The fourth-order valence-corrected chi connectivity index (χ4v) is 2.99. The third-order valence-electron chi connectivity index (χ3n) is 5.01. The van der Waals surface area contributed by atoms with Crippen LogP contribution in [-0.2, 0) is 14.4 Å². The minimum atomic E-state index is -0.632. The van der Waals surface area contributed by atoms with E-state index in [0.717, 1.165) is 22.3 Å². The van der Waals surface area contributed by atoms with Gasteiger partial charge in [-0.2, -0.15) is 0 Å². The molecular formula is C30H26O6. The maximum atomic E-state index is 12.1. The summed E-state index contributed by atoms with van der Waals surface area (Å²) in [5.41, 5.74) is 4.26. The first-order valence-electron chi connectivity index (χ1n) is 11.0. The van der Waals surface area contributed by atoms with Crippen LogP contribution in [-0.4, -0.2) is 17.9 Å². The Morgan fingerprint density at radius 3 is 1.33 bits per heavy atom. The molecule has 36 heavy (non-hydrogen) atoms. The predicted octanol–water partition coefficient (Wildman–Crippen LogP) is 6.47.